The number of anilines is 1. The van der Waals surface area contributed by atoms with Crippen molar-refractivity contribution in [2.45, 2.75) is 43.3 Å². The van der Waals surface area contributed by atoms with Crippen LogP contribution >= 0.6 is 23.4 Å². The molecule has 2 aromatic rings. The first-order valence-corrected chi connectivity index (χ1v) is 11.5. The van der Waals surface area contributed by atoms with E-state index in [2.05, 4.69) is 12.2 Å². The minimum absolute atomic E-state index is 0.146. The van der Waals surface area contributed by atoms with Gasteiger partial charge in [-0.25, -0.2) is 13.2 Å². The fraction of sp³-hybridized carbons (Fsp3) is 0.391. The van der Waals surface area contributed by atoms with Crippen LogP contribution in [-0.2, 0) is 4.79 Å². The van der Waals surface area contributed by atoms with Gasteiger partial charge in [0.1, 0.15) is 0 Å². The van der Waals surface area contributed by atoms with Crippen molar-refractivity contribution in [1.29, 1.82) is 0 Å². The Bertz CT molecular complexity index is 1010. The Morgan fingerprint density at radius 3 is 2.47 bits per heavy atom. The van der Waals surface area contributed by atoms with E-state index < -0.39 is 35.2 Å². The van der Waals surface area contributed by atoms with Crippen LogP contribution in [0.4, 0.5) is 18.9 Å². The van der Waals surface area contributed by atoms with Gasteiger partial charge in [0.15, 0.2) is 17.5 Å². The summed E-state index contributed by atoms with van der Waals surface area (Å²) in [7, 11) is 0. The van der Waals surface area contributed by atoms with Gasteiger partial charge in [-0.3, -0.25) is 9.59 Å². The monoisotopic (exact) mass is 485 g/mol. The molecule has 0 radical (unpaired) electrons. The summed E-state index contributed by atoms with van der Waals surface area (Å²) >= 11 is 7.88. The number of amides is 1. The van der Waals surface area contributed by atoms with Crippen LogP contribution < -0.4 is 5.32 Å². The zero-order chi connectivity index (χ0) is 23.6. The average molecular weight is 486 g/mol. The molecule has 0 aliphatic heterocycles. The number of hydrogen-bond acceptors (Lipinski definition) is 3. The van der Waals surface area contributed by atoms with Gasteiger partial charge in [-0.15, -0.1) is 11.8 Å². The first kappa shape index (κ1) is 24.5. The summed E-state index contributed by atoms with van der Waals surface area (Å²) in [5.74, 6) is -5.73. The van der Waals surface area contributed by atoms with Crippen molar-refractivity contribution in [2.75, 3.05) is 5.32 Å². The van der Waals surface area contributed by atoms with Gasteiger partial charge in [-0.05, 0) is 49.3 Å². The number of aliphatic carboxylic acids is 1. The van der Waals surface area contributed by atoms with Gasteiger partial charge in [0.25, 0.3) is 5.91 Å². The number of thioether (sulfide) groups is 1. The largest absolute Gasteiger partial charge is 0.481 e. The molecule has 1 saturated carbocycles. The molecule has 0 saturated heterocycles. The molecule has 1 aliphatic carbocycles. The summed E-state index contributed by atoms with van der Waals surface area (Å²) in [6.07, 6.45) is 2.47. The van der Waals surface area contributed by atoms with Crippen molar-refractivity contribution < 1.29 is 27.9 Å². The average Bonchev–Trinajstić information content (AvgIpc) is 3.06. The lowest BCUT2D eigenvalue weighted by Crippen LogP contribution is -2.21. The summed E-state index contributed by atoms with van der Waals surface area (Å²) in [4.78, 5) is 24.6. The molecule has 2 N–H and O–H groups in total. The predicted octanol–water partition coefficient (Wildman–Crippen LogP) is 6.63. The van der Waals surface area contributed by atoms with E-state index in [4.69, 9.17) is 11.6 Å². The molecule has 172 valence electrons. The molecule has 1 fully saturated rings. The van der Waals surface area contributed by atoms with Crippen molar-refractivity contribution in [3.05, 3.63) is 58.4 Å². The molecule has 1 amide bonds. The maximum Gasteiger partial charge on any atom is 0.306 e. The fourth-order valence-corrected chi connectivity index (χ4v) is 5.73. The normalized spacial score (nSPS) is 21.4. The standard InChI is InChI=1S/C23H23ClF3NO3S/c1-11-3-4-13(7-12(2)23(30)31)21(11)32-19-8-14(5-6-16(19)24)22(29)28-15-9-17(25)20(27)18(26)10-15/h5-6,8-13,21H,3-4,7H2,1-2H3,(H,28,29)(H,30,31). The van der Waals surface area contributed by atoms with Crippen LogP contribution in [0, 0.1) is 35.2 Å². The Labute approximate surface area is 193 Å². The molecule has 4 unspecified atom stereocenters. The second-order valence-electron chi connectivity index (χ2n) is 8.23. The molecule has 0 bridgehead atoms. The molecular weight excluding hydrogens is 463 g/mol. The van der Waals surface area contributed by atoms with Crippen LogP contribution in [0.1, 0.15) is 43.5 Å². The highest BCUT2D eigenvalue weighted by atomic mass is 35.5. The van der Waals surface area contributed by atoms with E-state index >= 15 is 0 Å². The van der Waals surface area contributed by atoms with Gasteiger partial charge in [-0.2, -0.15) is 0 Å². The molecule has 9 heteroatoms. The van der Waals surface area contributed by atoms with Gasteiger partial charge < -0.3 is 10.4 Å². The summed E-state index contributed by atoms with van der Waals surface area (Å²) in [5, 5.41) is 12.2. The van der Waals surface area contributed by atoms with Crippen LogP contribution in [-0.4, -0.2) is 22.2 Å². The van der Waals surface area contributed by atoms with E-state index in [-0.39, 0.29) is 22.4 Å². The number of hydrogen-bond donors (Lipinski definition) is 2. The molecule has 0 spiro atoms. The number of carbonyl (C=O) groups excluding carboxylic acids is 1. The SMILES string of the molecule is CC(CC1CCC(C)C1Sc1cc(C(=O)Nc2cc(F)c(F)c(F)c2)ccc1Cl)C(=O)O. The summed E-state index contributed by atoms with van der Waals surface area (Å²) in [6.45, 7) is 3.82. The third-order valence-corrected chi connectivity index (χ3v) is 7.95. The number of carboxylic acid groups (broad SMARTS) is 1. The Morgan fingerprint density at radius 2 is 1.84 bits per heavy atom. The zero-order valence-electron chi connectivity index (χ0n) is 17.5. The van der Waals surface area contributed by atoms with E-state index in [9.17, 15) is 27.9 Å². The second kappa shape index (κ2) is 10.2. The third kappa shape index (κ3) is 5.59. The highest BCUT2D eigenvalue weighted by molar-refractivity contribution is 8.00. The van der Waals surface area contributed by atoms with Gasteiger partial charge in [0.2, 0.25) is 0 Å². The minimum atomic E-state index is -1.61. The molecule has 32 heavy (non-hydrogen) atoms. The topological polar surface area (TPSA) is 66.4 Å². The Kier molecular flexibility index (Phi) is 7.77. The summed E-state index contributed by atoms with van der Waals surface area (Å²) in [5.41, 5.74) is 0.0193. The Balaban J connectivity index is 1.77. The molecule has 2 aromatic carbocycles. The predicted molar refractivity (Wildman–Crippen MR) is 119 cm³/mol. The van der Waals surface area contributed by atoms with Crippen molar-refractivity contribution >= 4 is 40.9 Å². The molecule has 0 aromatic heterocycles. The van der Waals surface area contributed by atoms with Gasteiger partial charge in [0.05, 0.1) is 10.9 Å². The number of benzene rings is 2. The van der Waals surface area contributed by atoms with E-state index in [1.807, 2.05) is 0 Å². The van der Waals surface area contributed by atoms with Crippen LogP contribution in [0.2, 0.25) is 5.02 Å². The first-order chi connectivity index (χ1) is 15.1. The van der Waals surface area contributed by atoms with Crippen LogP contribution in [0.15, 0.2) is 35.2 Å². The lowest BCUT2D eigenvalue weighted by Gasteiger charge is -2.24. The number of nitrogens with one attached hydrogen (secondary N) is 1. The van der Waals surface area contributed by atoms with Gasteiger partial charge in [0, 0.05) is 33.5 Å². The number of carbonyl (C=O) groups is 2. The van der Waals surface area contributed by atoms with Crippen LogP contribution in [0.25, 0.3) is 0 Å². The van der Waals surface area contributed by atoms with Crippen LogP contribution in [0.5, 0.6) is 0 Å². The maximum atomic E-state index is 13.4. The Morgan fingerprint density at radius 1 is 1.19 bits per heavy atom. The quantitative estimate of drug-likeness (QED) is 0.432. The number of halogens is 4. The highest BCUT2D eigenvalue weighted by Gasteiger charge is 2.36. The minimum Gasteiger partial charge on any atom is -0.481 e. The molecule has 1 aliphatic rings. The summed E-state index contributed by atoms with van der Waals surface area (Å²) < 4.78 is 40.0. The van der Waals surface area contributed by atoms with Gasteiger partial charge in [-0.1, -0.05) is 25.4 Å². The number of carboxylic acids is 1. The molecule has 3 rings (SSSR count). The van der Waals surface area contributed by atoms with Gasteiger partial charge >= 0.3 is 5.97 Å². The molecule has 4 atom stereocenters. The van der Waals surface area contributed by atoms with Crippen molar-refractivity contribution in [1.82, 2.24) is 0 Å². The Hall–Kier alpha value is -2.19. The molecular formula is C23H23ClF3NO3S. The zero-order valence-corrected chi connectivity index (χ0v) is 19.1. The fourth-order valence-electron chi connectivity index (χ4n) is 4.00. The first-order valence-electron chi connectivity index (χ1n) is 10.2. The maximum absolute atomic E-state index is 13.4. The number of rotatable bonds is 7. The molecule has 0 heterocycles. The lowest BCUT2D eigenvalue weighted by molar-refractivity contribution is -0.141. The molecule has 4 nitrogen and oxygen atoms in total. The van der Waals surface area contributed by atoms with Crippen molar-refractivity contribution in [2.24, 2.45) is 17.8 Å². The van der Waals surface area contributed by atoms with Crippen LogP contribution in [0.3, 0.4) is 0 Å². The summed E-state index contributed by atoms with van der Waals surface area (Å²) in [6, 6.07) is 6.06. The smallest absolute Gasteiger partial charge is 0.306 e. The lowest BCUT2D eigenvalue weighted by atomic mass is 9.93. The third-order valence-electron chi connectivity index (χ3n) is 5.79. The van der Waals surface area contributed by atoms with E-state index in [1.165, 1.54) is 17.8 Å². The van der Waals surface area contributed by atoms with Crippen molar-refractivity contribution in [3.8, 4) is 0 Å². The van der Waals surface area contributed by atoms with E-state index in [1.54, 1.807) is 19.1 Å². The van der Waals surface area contributed by atoms with Crippen molar-refractivity contribution in [3.63, 3.8) is 0 Å². The second-order valence-corrected chi connectivity index (χ2v) is 9.85. The van der Waals surface area contributed by atoms with E-state index in [0.29, 0.717) is 34.4 Å². The van der Waals surface area contributed by atoms with E-state index in [0.717, 1.165) is 12.8 Å². The highest BCUT2D eigenvalue weighted by Crippen LogP contribution is 2.46.